The van der Waals surface area contributed by atoms with Crippen molar-refractivity contribution in [3.8, 4) is 5.75 Å². The Bertz CT molecular complexity index is 797. The van der Waals surface area contributed by atoms with E-state index in [-0.39, 0.29) is 6.10 Å². The van der Waals surface area contributed by atoms with Crippen molar-refractivity contribution in [3.05, 3.63) is 42.5 Å². The van der Waals surface area contributed by atoms with E-state index < -0.39 is 12.1 Å². The molecule has 28 heavy (non-hydrogen) atoms. The molecular weight excluding hydrogens is 360 g/mol. The molecule has 0 amide bonds. The summed E-state index contributed by atoms with van der Waals surface area (Å²) < 4.78 is 12.8. The minimum atomic E-state index is -0.499. The zero-order valence-corrected chi connectivity index (χ0v) is 16.0. The molecule has 2 aromatic rings. The Hall–Kier alpha value is -2.45. The van der Waals surface area contributed by atoms with Crippen LogP contribution in [0.3, 0.4) is 0 Å². The Morgan fingerprint density at radius 1 is 1.18 bits per heavy atom. The number of rotatable bonds is 6. The van der Waals surface area contributed by atoms with Crippen LogP contribution in [-0.4, -0.2) is 69.7 Å². The summed E-state index contributed by atoms with van der Waals surface area (Å²) in [5, 5.41) is 18.3. The second-order valence-electron chi connectivity index (χ2n) is 7.69. The predicted molar refractivity (Wildman–Crippen MR) is 101 cm³/mol. The van der Waals surface area contributed by atoms with Crippen LogP contribution in [0.4, 0.5) is 0 Å². The van der Waals surface area contributed by atoms with E-state index >= 15 is 0 Å². The van der Waals surface area contributed by atoms with Gasteiger partial charge in [-0.2, -0.15) is 0 Å². The molecule has 1 saturated carbocycles. The number of aromatic nitrogens is 3. The number of esters is 1. The van der Waals surface area contributed by atoms with Gasteiger partial charge in [-0.05, 0) is 42.9 Å². The van der Waals surface area contributed by atoms with Gasteiger partial charge in [-0.3, -0.25) is 0 Å². The summed E-state index contributed by atoms with van der Waals surface area (Å²) in [5.74, 6) is 1.21. The number of fused-ring (bicyclic) bond motifs is 1. The molecule has 8 heteroatoms. The SMILES string of the molecule is COC(=O)c1cccc(O[C@@H]2C[C@@H]3CN(CCn4cnnc4)C[C@@H]3C[C@H]2O)c1. The summed E-state index contributed by atoms with van der Waals surface area (Å²) in [5.41, 5.74) is 0.448. The van der Waals surface area contributed by atoms with Gasteiger partial charge in [0.25, 0.3) is 0 Å². The number of methoxy groups -OCH3 is 1. The van der Waals surface area contributed by atoms with Crippen LogP contribution >= 0.6 is 0 Å². The highest BCUT2D eigenvalue weighted by atomic mass is 16.5. The first-order chi connectivity index (χ1) is 13.6. The van der Waals surface area contributed by atoms with Crippen molar-refractivity contribution in [3.63, 3.8) is 0 Å². The fraction of sp³-hybridized carbons (Fsp3) is 0.550. The summed E-state index contributed by atoms with van der Waals surface area (Å²) >= 11 is 0. The summed E-state index contributed by atoms with van der Waals surface area (Å²) in [6.45, 7) is 3.85. The predicted octanol–water partition coefficient (Wildman–Crippen LogP) is 1.21. The maximum absolute atomic E-state index is 11.7. The molecule has 1 aliphatic carbocycles. The van der Waals surface area contributed by atoms with E-state index in [0.717, 1.165) is 39.0 Å². The Labute approximate surface area is 164 Å². The molecule has 0 spiro atoms. The number of benzene rings is 1. The fourth-order valence-electron chi connectivity index (χ4n) is 4.38. The summed E-state index contributed by atoms with van der Waals surface area (Å²) in [6.07, 6.45) is 4.28. The molecule has 1 aromatic heterocycles. The smallest absolute Gasteiger partial charge is 0.337 e. The van der Waals surface area contributed by atoms with Crippen LogP contribution in [0.25, 0.3) is 0 Å². The van der Waals surface area contributed by atoms with Gasteiger partial charge in [0.15, 0.2) is 0 Å². The van der Waals surface area contributed by atoms with E-state index in [9.17, 15) is 9.90 Å². The molecule has 2 aliphatic rings. The third-order valence-electron chi connectivity index (χ3n) is 5.84. The standard InChI is InChI=1S/C20H26N4O4/c1-27-20(26)14-3-2-4-17(7-14)28-19-9-16-11-23(10-15(16)8-18(19)25)5-6-24-12-21-22-13-24/h2-4,7,12-13,15-16,18-19,25H,5-6,8-11H2,1H3/t15-,16+,18+,19+/m0/s1. The van der Waals surface area contributed by atoms with E-state index in [1.807, 2.05) is 10.6 Å². The van der Waals surface area contributed by atoms with Crippen molar-refractivity contribution in [2.45, 2.75) is 31.6 Å². The molecule has 1 saturated heterocycles. The molecule has 0 radical (unpaired) electrons. The Balaban J connectivity index is 1.34. The second kappa shape index (κ2) is 8.28. The molecule has 1 aromatic carbocycles. The quantitative estimate of drug-likeness (QED) is 0.747. The van der Waals surface area contributed by atoms with E-state index in [1.165, 1.54) is 7.11 Å². The largest absolute Gasteiger partial charge is 0.488 e. The lowest BCUT2D eigenvalue weighted by Crippen LogP contribution is -2.42. The topological polar surface area (TPSA) is 89.7 Å². The second-order valence-corrected chi connectivity index (χ2v) is 7.69. The molecule has 2 fully saturated rings. The third-order valence-corrected chi connectivity index (χ3v) is 5.84. The van der Waals surface area contributed by atoms with Crippen molar-refractivity contribution in [1.29, 1.82) is 0 Å². The zero-order chi connectivity index (χ0) is 19.5. The van der Waals surface area contributed by atoms with Crippen molar-refractivity contribution >= 4 is 5.97 Å². The van der Waals surface area contributed by atoms with Crippen LogP contribution < -0.4 is 4.74 Å². The number of nitrogens with zero attached hydrogens (tertiary/aromatic N) is 4. The van der Waals surface area contributed by atoms with Gasteiger partial charge in [-0.1, -0.05) is 6.07 Å². The molecule has 150 valence electrons. The first-order valence-corrected chi connectivity index (χ1v) is 9.70. The van der Waals surface area contributed by atoms with Gasteiger partial charge in [0.2, 0.25) is 0 Å². The lowest BCUT2D eigenvalue weighted by atomic mass is 9.78. The number of ether oxygens (including phenoxy) is 2. The molecule has 4 rings (SSSR count). The van der Waals surface area contributed by atoms with Crippen molar-refractivity contribution in [2.24, 2.45) is 11.8 Å². The minimum absolute atomic E-state index is 0.257. The van der Waals surface area contributed by atoms with E-state index in [2.05, 4.69) is 15.1 Å². The molecule has 0 bridgehead atoms. The van der Waals surface area contributed by atoms with Crippen molar-refractivity contribution < 1.29 is 19.4 Å². The van der Waals surface area contributed by atoms with Crippen LogP contribution in [-0.2, 0) is 11.3 Å². The van der Waals surface area contributed by atoms with Crippen LogP contribution in [0.1, 0.15) is 23.2 Å². The highest BCUT2D eigenvalue weighted by Crippen LogP contribution is 2.38. The first kappa shape index (κ1) is 18.9. The van der Waals surface area contributed by atoms with Gasteiger partial charge in [0.05, 0.1) is 18.8 Å². The number of likely N-dealkylation sites (tertiary alicyclic amines) is 1. The lowest BCUT2D eigenvalue weighted by molar-refractivity contribution is -0.0231. The average molecular weight is 386 g/mol. The van der Waals surface area contributed by atoms with Gasteiger partial charge in [0, 0.05) is 26.2 Å². The third kappa shape index (κ3) is 4.18. The molecule has 4 atom stereocenters. The maximum atomic E-state index is 11.7. The minimum Gasteiger partial charge on any atom is -0.488 e. The number of aliphatic hydroxyl groups is 1. The molecular formula is C20H26N4O4. The normalized spacial score (nSPS) is 27.4. The molecule has 0 unspecified atom stereocenters. The zero-order valence-electron chi connectivity index (χ0n) is 16.0. The van der Waals surface area contributed by atoms with Gasteiger partial charge in [-0.15, -0.1) is 10.2 Å². The number of carbonyl (C=O) groups is 1. The van der Waals surface area contributed by atoms with Crippen LogP contribution in [0.15, 0.2) is 36.9 Å². The molecule has 2 heterocycles. The van der Waals surface area contributed by atoms with Gasteiger partial charge in [0.1, 0.15) is 24.5 Å². The first-order valence-electron chi connectivity index (χ1n) is 9.70. The summed E-state index contributed by atoms with van der Waals surface area (Å²) in [6, 6.07) is 6.94. The Morgan fingerprint density at radius 3 is 2.68 bits per heavy atom. The highest BCUT2D eigenvalue weighted by Gasteiger charge is 2.42. The molecule has 1 aliphatic heterocycles. The Kier molecular flexibility index (Phi) is 5.59. The summed E-state index contributed by atoms with van der Waals surface area (Å²) in [7, 11) is 1.36. The van der Waals surface area contributed by atoms with Crippen LogP contribution in [0.2, 0.25) is 0 Å². The van der Waals surface area contributed by atoms with Gasteiger partial charge >= 0.3 is 5.97 Å². The maximum Gasteiger partial charge on any atom is 0.337 e. The summed E-state index contributed by atoms with van der Waals surface area (Å²) in [4.78, 5) is 14.2. The van der Waals surface area contributed by atoms with E-state index in [0.29, 0.717) is 23.1 Å². The highest BCUT2D eigenvalue weighted by molar-refractivity contribution is 5.89. The number of carbonyl (C=O) groups excluding carboxylic acids is 1. The van der Waals surface area contributed by atoms with E-state index in [1.54, 1.807) is 30.9 Å². The van der Waals surface area contributed by atoms with Crippen molar-refractivity contribution in [2.75, 3.05) is 26.7 Å². The fourth-order valence-corrected chi connectivity index (χ4v) is 4.38. The van der Waals surface area contributed by atoms with Gasteiger partial charge in [-0.25, -0.2) is 4.79 Å². The van der Waals surface area contributed by atoms with Gasteiger partial charge < -0.3 is 24.0 Å². The Morgan fingerprint density at radius 2 is 1.93 bits per heavy atom. The van der Waals surface area contributed by atoms with Crippen LogP contribution in [0.5, 0.6) is 5.75 Å². The number of aliphatic hydroxyl groups excluding tert-OH is 1. The van der Waals surface area contributed by atoms with Crippen LogP contribution in [0, 0.1) is 11.8 Å². The number of hydrogen-bond acceptors (Lipinski definition) is 7. The number of hydrogen-bond donors (Lipinski definition) is 1. The lowest BCUT2D eigenvalue weighted by Gasteiger charge is -2.35. The molecule has 1 N–H and O–H groups in total. The average Bonchev–Trinajstić information content (AvgIpc) is 3.35. The van der Waals surface area contributed by atoms with Crippen molar-refractivity contribution in [1.82, 2.24) is 19.7 Å². The van der Waals surface area contributed by atoms with E-state index in [4.69, 9.17) is 9.47 Å². The molecule has 8 nitrogen and oxygen atoms in total. The monoisotopic (exact) mass is 386 g/mol.